The summed E-state index contributed by atoms with van der Waals surface area (Å²) in [5.74, 6) is 0. The van der Waals surface area contributed by atoms with Gasteiger partial charge in [-0.05, 0) is 17.7 Å². The first-order valence-corrected chi connectivity index (χ1v) is 7.04. The van der Waals surface area contributed by atoms with Gasteiger partial charge in [0.25, 0.3) is 0 Å². The fraction of sp³-hybridized carbons (Fsp3) is 0.0714. The first-order valence-electron chi connectivity index (χ1n) is 5.78. The fourth-order valence-electron chi connectivity index (χ4n) is 1.76. The Kier molecular flexibility index (Phi) is 3.53. The smallest absolute Gasteiger partial charge is 0.222 e. The SMILES string of the molecule is Clc1nccc(Cc2nc(-c3ccccc3)cs2)n1. The molecule has 2 heterocycles. The molecule has 0 radical (unpaired) electrons. The Hall–Kier alpha value is -1.78. The number of nitrogens with zero attached hydrogens (tertiary/aromatic N) is 3. The summed E-state index contributed by atoms with van der Waals surface area (Å²) in [5.41, 5.74) is 3.01. The van der Waals surface area contributed by atoms with Gasteiger partial charge in [-0.2, -0.15) is 0 Å². The third-order valence-electron chi connectivity index (χ3n) is 2.64. The van der Waals surface area contributed by atoms with Crippen molar-refractivity contribution in [3.63, 3.8) is 0 Å². The maximum Gasteiger partial charge on any atom is 0.222 e. The minimum Gasteiger partial charge on any atom is -0.241 e. The summed E-state index contributed by atoms with van der Waals surface area (Å²) < 4.78 is 0. The van der Waals surface area contributed by atoms with E-state index in [9.17, 15) is 0 Å². The molecule has 3 aromatic rings. The fourth-order valence-corrected chi connectivity index (χ4v) is 2.74. The van der Waals surface area contributed by atoms with Crippen molar-refractivity contribution in [3.8, 4) is 11.3 Å². The zero-order valence-electron chi connectivity index (χ0n) is 9.95. The van der Waals surface area contributed by atoms with Gasteiger partial charge in [-0.25, -0.2) is 15.0 Å². The first-order chi connectivity index (χ1) is 9.31. The summed E-state index contributed by atoms with van der Waals surface area (Å²) in [5, 5.41) is 3.36. The molecule has 0 unspecified atom stereocenters. The van der Waals surface area contributed by atoms with Crippen LogP contribution in [0.2, 0.25) is 5.28 Å². The predicted molar refractivity (Wildman–Crippen MR) is 77.4 cm³/mol. The summed E-state index contributed by atoms with van der Waals surface area (Å²) >= 11 is 7.40. The quantitative estimate of drug-likeness (QED) is 0.687. The molecule has 1 aromatic carbocycles. The zero-order chi connectivity index (χ0) is 13.1. The van der Waals surface area contributed by atoms with Crippen molar-refractivity contribution in [1.29, 1.82) is 0 Å². The second-order valence-electron chi connectivity index (χ2n) is 3.99. The average molecular weight is 288 g/mol. The third-order valence-corrected chi connectivity index (χ3v) is 3.67. The van der Waals surface area contributed by atoms with Gasteiger partial charge in [0.05, 0.1) is 16.4 Å². The third kappa shape index (κ3) is 2.97. The van der Waals surface area contributed by atoms with Gasteiger partial charge in [-0.15, -0.1) is 11.3 Å². The van der Waals surface area contributed by atoms with Gasteiger partial charge in [0.1, 0.15) is 0 Å². The van der Waals surface area contributed by atoms with E-state index in [1.807, 2.05) is 24.3 Å². The van der Waals surface area contributed by atoms with Crippen LogP contribution in [0.25, 0.3) is 11.3 Å². The van der Waals surface area contributed by atoms with Crippen molar-refractivity contribution in [3.05, 3.63) is 64.0 Å². The van der Waals surface area contributed by atoms with Gasteiger partial charge in [0, 0.05) is 23.6 Å². The van der Waals surface area contributed by atoms with Crippen molar-refractivity contribution < 1.29 is 0 Å². The lowest BCUT2D eigenvalue weighted by Crippen LogP contribution is -1.93. The van der Waals surface area contributed by atoms with Gasteiger partial charge in [-0.1, -0.05) is 30.3 Å². The molecule has 0 saturated heterocycles. The maximum atomic E-state index is 5.77. The van der Waals surface area contributed by atoms with Crippen LogP contribution in [0, 0.1) is 0 Å². The molecule has 0 N–H and O–H groups in total. The molecule has 0 aliphatic carbocycles. The highest BCUT2D eigenvalue weighted by molar-refractivity contribution is 7.10. The molecule has 5 heteroatoms. The van der Waals surface area contributed by atoms with E-state index in [0.717, 1.165) is 22.0 Å². The number of rotatable bonds is 3. The standard InChI is InChI=1S/C14H10ClN3S/c15-14-16-7-6-11(17-14)8-13-18-12(9-19-13)10-4-2-1-3-5-10/h1-7,9H,8H2. The summed E-state index contributed by atoms with van der Waals surface area (Å²) in [7, 11) is 0. The summed E-state index contributed by atoms with van der Waals surface area (Å²) in [4.78, 5) is 12.7. The minimum atomic E-state index is 0.275. The van der Waals surface area contributed by atoms with E-state index in [1.54, 1.807) is 17.5 Å². The van der Waals surface area contributed by atoms with Crippen LogP contribution in [0.5, 0.6) is 0 Å². The molecular formula is C14H10ClN3S. The first kappa shape index (κ1) is 12.3. The number of hydrogen-bond donors (Lipinski definition) is 0. The Labute approximate surface area is 120 Å². The Balaban J connectivity index is 1.82. The number of thiazole rings is 1. The molecule has 0 amide bonds. The van der Waals surface area contributed by atoms with Crippen molar-refractivity contribution in [2.45, 2.75) is 6.42 Å². The Morgan fingerprint density at radius 3 is 2.68 bits per heavy atom. The van der Waals surface area contributed by atoms with Crippen LogP contribution in [-0.2, 0) is 6.42 Å². The molecule has 2 aromatic heterocycles. The highest BCUT2D eigenvalue weighted by atomic mass is 35.5. The van der Waals surface area contributed by atoms with Crippen molar-refractivity contribution in [2.75, 3.05) is 0 Å². The monoisotopic (exact) mass is 287 g/mol. The van der Waals surface area contributed by atoms with E-state index < -0.39 is 0 Å². The highest BCUT2D eigenvalue weighted by Crippen LogP contribution is 2.22. The van der Waals surface area contributed by atoms with Crippen LogP contribution in [0.4, 0.5) is 0 Å². The van der Waals surface area contributed by atoms with Gasteiger partial charge in [0.15, 0.2) is 0 Å². The molecule has 19 heavy (non-hydrogen) atoms. The summed E-state index contributed by atoms with van der Waals surface area (Å²) in [6, 6.07) is 12.0. The van der Waals surface area contributed by atoms with Crippen LogP contribution < -0.4 is 0 Å². The number of halogens is 1. The van der Waals surface area contributed by atoms with E-state index in [4.69, 9.17) is 11.6 Å². The Morgan fingerprint density at radius 2 is 1.89 bits per heavy atom. The molecule has 0 fully saturated rings. The van der Waals surface area contributed by atoms with E-state index >= 15 is 0 Å². The van der Waals surface area contributed by atoms with E-state index in [-0.39, 0.29) is 5.28 Å². The van der Waals surface area contributed by atoms with E-state index in [1.165, 1.54) is 0 Å². The second kappa shape index (κ2) is 5.47. The summed E-state index contributed by atoms with van der Waals surface area (Å²) in [6.07, 6.45) is 2.34. The van der Waals surface area contributed by atoms with Crippen LogP contribution in [-0.4, -0.2) is 15.0 Å². The van der Waals surface area contributed by atoms with Gasteiger partial charge < -0.3 is 0 Å². The molecule has 94 valence electrons. The van der Waals surface area contributed by atoms with Crippen LogP contribution in [0.15, 0.2) is 48.0 Å². The molecule has 0 aliphatic rings. The molecule has 0 spiro atoms. The van der Waals surface area contributed by atoms with E-state index in [2.05, 4.69) is 32.5 Å². The van der Waals surface area contributed by atoms with Crippen molar-refractivity contribution >= 4 is 22.9 Å². The Bertz CT molecular complexity index is 682. The molecule has 3 rings (SSSR count). The topological polar surface area (TPSA) is 38.7 Å². The molecule has 0 aliphatic heterocycles. The number of hydrogen-bond acceptors (Lipinski definition) is 4. The largest absolute Gasteiger partial charge is 0.241 e. The molecule has 3 nitrogen and oxygen atoms in total. The lowest BCUT2D eigenvalue weighted by atomic mass is 10.2. The second-order valence-corrected chi connectivity index (χ2v) is 5.27. The van der Waals surface area contributed by atoms with Crippen LogP contribution >= 0.6 is 22.9 Å². The number of benzene rings is 1. The summed E-state index contributed by atoms with van der Waals surface area (Å²) in [6.45, 7) is 0. The molecular weight excluding hydrogens is 278 g/mol. The van der Waals surface area contributed by atoms with Gasteiger partial charge in [-0.3, -0.25) is 0 Å². The van der Waals surface area contributed by atoms with Crippen molar-refractivity contribution in [2.24, 2.45) is 0 Å². The lowest BCUT2D eigenvalue weighted by Gasteiger charge is -1.97. The number of aromatic nitrogens is 3. The van der Waals surface area contributed by atoms with Gasteiger partial charge >= 0.3 is 0 Å². The maximum absolute atomic E-state index is 5.77. The molecule has 0 bridgehead atoms. The Morgan fingerprint density at radius 1 is 1.05 bits per heavy atom. The predicted octanol–water partition coefficient (Wildman–Crippen LogP) is 3.84. The van der Waals surface area contributed by atoms with Crippen LogP contribution in [0.1, 0.15) is 10.7 Å². The highest BCUT2D eigenvalue weighted by Gasteiger charge is 2.06. The van der Waals surface area contributed by atoms with Gasteiger partial charge in [0.2, 0.25) is 5.28 Å². The minimum absolute atomic E-state index is 0.275. The van der Waals surface area contributed by atoms with Crippen LogP contribution in [0.3, 0.4) is 0 Å². The zero-order valence-corrected chi connectivity index (χ0v) is 11.5. The normalized spacial score (nSPS) is 10.6. The molecule has 0 atom stereocenters. The van der Waals surface area contributed by atoms with Crippen molar-refractivity contribution in [1.82, 2.24) is 15.0 Å². The lowest BCUT2D eigenvalue weighted by molar-refractivity contribution is 1.01. The van der Waals surface area contributed by atoms with E-state index in [0.29, 0.717) is 6.42 Å². The average Bonchev–Trinajstić information content (AvgIpc) is 2.88. The molecule has 0 saturated carbocycles.